The lowest BCUT2D eigenvalue weighted by molar-refractivity contribution is -0.138. The zero-order valence-corrected chi connectivity index (χ0v) is 18.1. The van der Waals surface area contributed by atoms with E-state index < -0.39 is 5.54 Å². The number of fused-ring (bicyclic) bond motifs is 1. The average Bonchev–Trinajstić information content (AvgIpc) is 2.97. The molecule has 1 saturated carbocycles. The van der Waals surface area contributed by atoms with Gasteiger partial charge in [0.2, 0.25) is 5.91 Å². The molecular weight excluding hydrogens is 360 g/mol. The SMILES string of the molecule is CC(C)CN1C[C@@H]2C[C@H]3CN[C@]2(C(=O)NCc2ccccc2)[C@@H]1[C@@H]3CCCCN. The number of carbonyl (C=O) groups is 1. The number of nitrogens with one attached hydrogen (secondary N) is 2. The van der Waals surface area contributed by atoms with E-state index in [9.17, 15) is 4.79 Å². The molecule has 4 aliphatic rings. The summed E-state index contributed by atoms with van der Waals surface area (Å²) in [5.74, 6) is 2.55. The van der Waals surface area contributed by atoms with E-state index in [1.54, 1.807) is 0 Å². The molecule has 0 spiro atoms. The Hall–Kier alpha value is -1.43. The van der Waals surface area contributed by atoms with Gasteiger partial charge in [0.15, 0.2) is 0 Å². The van der Waals surface area contributed by atoms with E-state index in [4.69, 9.17) is 5.73 Å². The van der Waals surface area contributed by atoms with Gasteiger partial charge in [0.25, 0.3) is 0 Å². The van der Waals surface area contributed by atoms with Crippen LogP contribution in [0.25, 0.3) is 0 Å². The van der Waals surface area contributed by atoms with Crippen molar-refractivity contribution in [2.75, 3.05) is 26.2 Å². The predicted octanol–water partition coefficient (Wildman–Crippen LogP) is 2.37. The minimum absolute atomic E-state index is 0.213. The van der Waals surface area contributed by atoms with Crippen LogP contribution in [0.1, 0.15) is 45.1 Å². The summed E-state index contributed by atoms with van der Waals surface area (Å²) in [5, 5.41) is 7.07. The van der Waals surface area contributed by atoms with E-state index in [2.05, 4.69) is 41.5 Å². The fourth-order valence-electron chi connectivity index (χ4n) is 6.42. The van der Waals surface area contributed by atoms with Gasteiger partial charge in [-0.15, -0.1) is 0 Å². The second-order valence-electron chi connectivity index (χ2n) is 9.85. The Balaban J connectivity index is 1.56. The maximum Gasteiger partial charge on any atom is 0.242 e. The van der Waals surface area contributed by atoms with Crippen molar-refractivity contribution in [2.24, 2.45) is 29.4 Å². The molecule has 1 aliphatic carbocycles. The topological polar surface area (TPSA) is 70.4 Å². The van der Waals surface area contributed by atoms with E-state index >= 15 is 0 Å². The maximum atomic E-state index is 13.7. The van der Waals surface area contributed by atoms with Crippen molar-refractivity contribution in [3.05, 3.63) is 35.9 Å². The van der Waals surface area contributed by atoms with E-state index in [-0.39, 0.29) is 5.91 Å². The molecule has 3 heterocycles. The number of likely N-dealkylation sites (tertiary alicyclic amines) is 1. The van der Waals surface area contributed by atoms with Gasteiger partial charge in [0.1, 0.15) is 5.54 Å². The Morgan fingerprint density at radius 1 is 1.31 bits per heavy atom. The lowest BCUT2D eigenvalue weighted by atomic mass is 9.58. The first-order chi connectivity index (χ1) is 14.1. The molecule has 0 unspecified atom stereocenters. The van der Waals surface area contributed by atoms with Gasteiger partial charge in [0.05, 0.1) is 0 Å². The monoisotopic (exact) mass is 398 g/mol. The third kappa shape index (κ3) is 3.85. The van der Waals surface area contributed by atoms with Crippen LogP contribution in [0, 0.1) is 23.7 Å². The first-order valence-corrected chi connectivity index (χ1v) is 11.6. The molecular formula is C24H38N4O. The number of rotatable bonds is 9. The molecule has 5 nitrogen and oxygen atoms in total. The molecule has 3 saturated heterocycles. The lowest BCUT2D eigenvalue weighted by Gasteiger charge is -2.56. The summed E-state index contributed by atoms with van der Waals surface area (Å²) in [7, 11) is 0. The smallest absolute Gasteiger partial charge is 0.242 e. The van der Waals surface area contributed by atoms with Crippen molar-refractivity contribution >= 4 is 5.91 Å². The van der Waals surface area contributed by atoms with Gasteiger partial charge < -0.3 is 16.4 Å². The zero-order chi connectivity index (χ0) is 20.4. The standard InChI is InChI=1S/C24H38N4O/c1-17(2)15-28-16-20-12-19-14-27-24(20,22(28)21(19)10-6-7-11-25)23(29)26-13-18-8-4-3-5-9-18/h3-5,8-9,17,19-22,27H,6-7,10-16,25H2,1-2H3,(H,26,29)/t19-,20-,21+,22-,24-/m0/s1. The summed E-state index contributed by atoms with van der Waals surface area (Å²) < 4.78 is 0. The third-order valence-corrected chi connectivity index (χ3v) is 7.48. The van der Waals surface area contributed by atoms with Crippen molar-refractivity contribution in [2.45, 2.75) is 57.7 Å². The van der Waals surface area contributed by atoms with Gasteiger partial charge in [-0.1, -0.05) is 50.6 Å². The summed E-state index contributed by atoms with van der Waals surface area (Å²) in [6.45, 7) is 9.07. The van der Waals surface area contributed by atoms with Crippen LogP contribution in [0.3, 0.4) is 0 Å². The molecule has 1 amide bonds. The Kier molecular flexibility index (Phi) is 6.28. The first-order valence-electron chi connectivity index (χ1n) is 11.6. The maximum absolute atomic E-state index is 13.7. The first kappa shape index (κ1) is 20.8. The molecule has 29 heavy (non-hydrogen) atoms. The molecule has 3 aliphatic heterocycles. The highest BCUT2D eigenvalue weighted by Gasteiger charge is 2.67. The van der Waals surface area contributed by atoms with E-state index in [0.717, 1.165) is 38.2 Å². The molecule has 5 rings (SSSR count). The number of piperidine rings is 2. The number of carbonyl (C=O) groups excluding carboxylic acids is 1. The number of nitrogens with two attached hydrogens (primary N) is 1. The Morgan fingerprint density at radius 2 is 2.10 bits per heavy atom. The largest absolute Gasteiger partial charge is 0.350 e. The highest BCUT2D eigenvalue weighted by Crippen LogP contribution is 2.53. The minimum atomic E-state index is -0.425. The molecule has 1 aromatic carbocycles. The van der Waals surface area contributed by atoms with E-state index in [0.29, 0.717) is 36.3 Å². The van der Waals surface area contributed by atoms with Crippen molar-refractivity contribution in [3.63, 3.8) is 0 Å². The fourth-order valence-corrected chi connectivity index (χ4v) is 6.42. The molecule has 4 fully saturated rings. The molecule has 5 heteroatoms. The average molecular weight is 399 g/mol. The molecule has 4 bridgehead atoms. The molecule has 1 aromatic rings. The number of hydrogen-bond acceptors (Lipinski definition) is 4. The number of unbranched alkanes of at least 4 members (excludes halogenated alkanes) is 1. The van der Waals surface area contributed by atoms with Gasteiger partial charge in [0, 0.05) is 31.6 Å². The Labute approximate surface area is 175 Å². The van der Waals surface area contributed by atoms with Crippen LogP contribution < -0.4 is 16.4 Å². The van der Waals surface area contributed by atoms with Crippen molar-refractivity contribution in [1.29, 1.82) is 0 Å². The zero-order valence-electron chi connectivity index (χ0n) is 18.1. The number of hydrogen-bond donors (Lipinski definition) is 3. The van der Waals surface area contributed by atoms with Gasteiger partial charge in [-0.05, 0) is 55.7 Å². The normalized spacial score (nSPS) is 33.4. The van der Waals surface area contributed by atoms with Crippen LogP contribution >= 0.6 is 0 Å². The van der Waals surface area contributed by atoms with Gasteiger partial charge in [-0.2, -0.15) is 0 Å². The number of amides is 1. The van der Waals surface area contributed by atoms with Crippen molar-refractivity contribution < 1.29 is 4.79 Å². The summed E-state index contributed by atoms with van der Waals surface area (Å²) in [4.78, 5) is 16.3. The second kappa shape index (κ2) is 8.75. The van der Waals surface area contributed by atoms with Crippen LogP contribution in [0.15, 0.2) is 30.3 Å². The quantitative estimate of drug-likeness (QED) is 0.559. The third-order valence-electron chi connectivity index (χ3n) is 7.48. The van der Waals surface area contributed by atoms with Gasteiger partial charge >= 0.3 is 0 Å². The number of benzene rings is 1. The second-order valence-corrected chi connectivity index (χ2v) is 9.85. The van der Waals surface area contributed by atoms with Crippen LogP contribution in [-0.2, 0) is 11.3 Å². The molecule has 0 aromatic heterocycles. The minimum Gasteiger partial charge on any atom is -0.350 e. The van der Waals surface area contributed by atoms with Crippen LogP contribution in [0.4, 0.5) is 0 Å². The predicted molar refractivity (Wildman–Crippen MR) is 117 cm³/mol. The summed E-state index contributed by atoms with van der Waals surface area (Å²) in [6, 6.07) is 10.6. The summed E-state index contributed by atoms with van der Waals surface area (Å²) >= 11 is 0. The highest BCUT2D eigenvalue weighted by molar-refractivity contribution is 5.89. The number of nitrogens with zero attached hydrogens (tertiary/aromatic N) is 1. The molecule has 4 N–H and O–H groups in total. The van der Waals surface area contributed by atoms with Crippen LogP contribution in [0.5, 0.6) is 0 Å². The molecule has 160 valence electrons. The summed E-state index contributed by atoms with van der Waals surface area (Å²) in [5.41, 5.74) is 6.51. The highest BCUT2D eigenvalue weighted by atomic mass is 16.2. The Morgan fingerprint density at radius 3 is 2.83 bits per heavy atom. The fraction of sp³-hybridized carbons (Fsp3) is 0.708. The lowest BCUT2D eigenvalue weighted by Crippen LogP contribution is -2.76. The summed E-state index contributed by atoms with van der Waals surface area (Å²) in [6.07, 6.45) is 4.65. The Bertz CT molecular complexity index is 693. The van der Waals surface area contributed by atoms with Crippen molar-refractivity contribution in [3.8, 4) is 0 Å². The van der Waals surface area contributed by atoms with Crippen LogP contribution in [0.2, 0.25) is 0 Å². The van der Waals surface area contributed by atoms with Gasteiger partial charge in [-0.25, -0.2) is 0 Å². The van der Waals surface area contributed by atoms with E-state index in [1.807, 2.05) is 18.2 Å². The molecule has 5 atom stereocenters. The van der Waals surface area contributed by atoms with Crippen molar-refractivity contribution in [1.82, 2.24) is 15.5 Å². The molecule has 0 radical (unpaired) electrons. The van der Waals surface area contributed by atoms with Crippen LogP contribution in [-0.4, -0.2) is 48.6 Å². The van der Waals surface area contributed by atoms with E-state index in [1.165, 1.54) is 19.3 Å². The van der Waals surface area contributed by atoms with Gasteiger partial charge in [-0.3, -0.25) is 9.69 Å².